The van der Waals surface area contributed by atoms with Crippen molar-refractivity contribution in [2.75, 3.05) is 0 Å². The second kappa shape index (κ2) is 12.3. The third-order valence-electron chi connectivity index (χ3n) is 4.86. The Hall–Kier alpha value is -3.46. The normalized spacial score (nSPS) is 13.4. The van der Waals surface area contributed by atoms with Gasteiger partial charge in [-0.1, -0.05) is 56.7 Å². The van der Waals surface area contributed by atoms with E-state index in [1.807, 2.05) is 44.2 Å². The highest BCUT2D eigenvalue weighted by Crippen LogP contribution is 2.10. The molecule has 3 amide bonds. The van der Waals surface area contributed by atoms with Gasteiger partial charge in [0, 0.05) is 18.3 Å². The lowest BCUT2D eigenvalue weighted by molar-refractivity contribution is -0.135. The summed E-state index contributed by atoms with van der Waals surface area (Å²) in [6, 6.07) is 12.4. The lowest BCUT2D eigenvalue weighted by Gasteiger charge is -2.25. The molecule has 2 rings (SSSR count). The maximum atomic E-state index is 12.9. The molecule has 0 aliphatic carbocycles. The second-order valence-corrected chi connectivity index (χ2v) is 7.13. The number of nitrogens with one attached hydrogen (secondary N) is 3. The topological polar surface area (TPSA) is 130 Å². The van der Waals surface area contributed by atoms with E-state index in [9.17, 15) is 14.4 Å². The van der Waals surface area contributed by atoms with E-state index in [1.54, 1.807) is 29.9 Å². The molecular formula is C22H28N4O5. The molecule has 3 atom stereocenters. The monoisotopic (exact) mass is 428 g/mol. The van der Waals surface area contributed by atoms with Crippen molar-refractivity contribution in [3.8, 4) is 0 Å². The van der Waals surface area contributed by atoms with E-state index in [4.69, 9.17) is 9.94 Å². The zero-order chi connectivity index (χ0) is 22.6. The highest BCUT2D eigenvalue weighted by Gasteiger charge is 2.30. The zero-order valence-corrected chi connectivity index (χ0v) is 17.6. The van der Waals surface area contributed by atoms with Crippen LogP contribution in [0.3, 0.4) is 0 Å². The average Bonchev–Trinajstić information content (AvgIpc) is 2.81. The van der Waals surface area contributed by atoms with Gasteiger partial charge in [-0.05, 0) is 23.6 Å². The molecule has 0 spiro atoms. The fourth-order valence-electron chi connectivity index (χ4n) is 2.87. The van der Waals surface area contributed by atoms with Crippen LogP contribution in [0.4, 0.5) is 4.79 Å². The van der Waals surface area contributed by atoms with E-state index in [1.165, 1.54) is 0 Å². The van der Waals surface area contributed by atoms with Crippen LogP contribution in [0.5, 0.6) is 0 Å². The Morgan fingerprint density at radius 2 is 1.74 bits per heavy atom. The molecule has 2 aromatic rings. The van der Waals surface area contributed by atoms with Gasteiger partial charge in [0.2, 0.25) is 5.91 Å². The summed E-state index contributed by atoms with van der Waals surface area (Å²) < 4.78 is 5.21. The van der Waals surface area contributed by atoms with Crippen LogP contribution >= 0.6 is 0 Å². The van der Waals surface area contributed by atoms with Gasteiger partial charge in [0.05, 0.1) is 0 Å². The van der Waals surface area contributed by atoms with Gasteiger partial charge >= 0.3 is 6.09 Å². The molecule has 0 saturated carbocycles. The Kier molecular flexibility index (Phi) is 9.44. The maximum absolute atomic E-state index is 12.9. The van der Waals surface area contributed by atoms with Gasteiger partial charge in [0.25, 0.3) is 5.91 Å². The van der Waals surface area contributed by atoms with E-state index < -0.39 is 30.0 Å². The van der Waals surface area contributed by atoms with Gasteiger partial charge in [-0.25, -0.2) is 10.3 Å². The first-order valence-electron chi connectivity index (χ1n) is 10.1. The van der Waals surface area contributed by atoms with Crippen molar-refractivity contribution in [1.29, 1.82) is 0 Å². The summed E-state index contributed by atoms with van der Waals surface area (Å²) in [6.07, 6.45) is 1.51. The lowest BCUT2D eigenvalue weighted by atomic mass is 9.97. The molecule has 1 aromatic heterocycles. The standard InChI is InChI=1S/C22H28N4O5/c1-3-15(2)19(25-22(29)31-14-16-9-5-4-6-10-16)21(28)24-18(20(27)26-30)13-17-11-7-8-12-23-17/h4-12,15,18-19,30H,3,13-14H2,1-2H3,(H,24,28)(H,25,29)(H,26,27)/t15-,18-,19-/m1/s1. The van der Waals surface area contributed by atoms with Crippen LogP contribution in [0.1, 0.15) is 31.5 Å². The van der Waals surface area contributed by atoms with Gasteiger partial charge in [0.15, 0.2) is 0 Å². The molecular weight excluding hydrogens is 400 g/mol. The van der Waals surface area contributed by atoms with Crippen LogP contribution in [0.2, 0.25) is 0 Å². The summed E-state index contributed by atoms with van der Waals surface area (Å²) in [5.41, 5.74) is 2.94. The number of hydrogen-bond donors (Lipinski definition) is 4. The van der Waals surface area contributed by atoms with Crippen LogP contribution in [0.15, 0.2) is 54.7 Å². The minimum atomic E-state index is -1.07. The molecule has 9 heteroatoms. The number of hydroxylamine groups is 1. The van der Waals surface area contributed by atoms with Crippen molar-refractivity contribution in [2.45, 2.75) is 45.4 Å². The van der Waals surface area contributed by atoms with E-state index in [0.29, 0.717) is 12.1 Å². The summed E-state index contributed by atoms with van der Waals surface area (Å²) in [5.74, 6) is -1.57. The number of nitrogens with zero attached hydrogens (tertiary/aromatic N) is 1. The number of alkyl carbamates (subject to hydrolysis) is 1. The third kappa shape index (κ3) is 7.71. The van der Waals surface area contributed by atoms with Crippen molar-refractivity contribution in [2.24, 2.45) is 5.92 Å². The molecule has 4 N–H and O–H groups in total. The predicted molar refractivity (Wildman–Crippen MR) is 113 cm³/mol. The Labute approximate surface area is 181 Å². The van der Waals surface area contributed by atoms with Crippen LogP contribution in [-0.4, -0.2) is 40.2 Å². The number of pyridine rings is 1. The number of aromatic nitrogens is 1. The summed E-state index contributed by atoms with van der Waals surface area (Å²) in [4.78, 5) is 41.4. The number of ether oxygens (including phenoxy) is 1. The van der Waals surface area contributed by atoms with Crippen LogP contribution in [-0.2, 0) is 27.4 Å². The van der Waals surface area contributed by atoms with Crippen molar-refractivity contribution in [1.82, 2.24) is 21.1 Å². The van der Waals surface area contributed by atoms with Gasteiger partial charge in [-0.15, -0.1) is 0 Å². The Balaban J connectivity index is 2.03. The molecule has 1 heterocycles. The fourth-order valence-corrected chi connectivity index (χ4v) is 2.87. The number of hydrogen-bond acceptors (Lipinski definition) is 6. The molecule has 1 aromatic carbocycles. The molecule has 0 aliphatic heterocycles. The van der Waals surface area contributed by atoms with Crippen LogP contribution in [0.25, 0.3) is 0 Å². The number of rotatable bonds is 10. The minimum Gasteiger partial charge on any atom is -0.445 e. The summed E-state index contributed by atoms with van der Waals surface area (Å²) in [7, 11) is 0. The molecule has 9 nitrogen and oxygen atoms in total. The number of carbonyl (C=O) groups is 3. The smallest absolute Gasteiger partial charge is 0.408 e. The quantitative estimate of drug-likeness (QED) is 0.338. The highest BCUT2D eigenvalue weighted by molar-refractivity contribution is 5.91. The molecule has 0 aliphatic rings. The lowest BCUT2D eigenvalue weighted by Crippen LogP contribution is -2.56. The number of carbonyl (C=O) groups excluding carboxylic acids is 3. The molecule has 0 fully saturated rings. The zero-order valence-electron chi connectivity index (χ0n) is 17.6. The maximum Gasteiger partial charge on any atom is 0.408 e. The van der Waals surface area contributed by atoms with Gasteiger partial charge in [-0.2, -0.15) is 0 Å². The molecule has 0 saturated heterocycles. The fraction of sp³-hybridized carbons (Fsp3) is 0.364. The predicted octanol–water partition coefficient (Wildman–Crippen LogP) is 1.96. The number of amides is 3. The van der Waals surface area contributed by atoms with Crippen LogP contribution in [0, 0.1) is 5.92 Å². The minimum absolute atomic E-state index is 0.0662. The second-order valence-electron chi connectivity index (χ2n) is 7.13. The van der Waals surface area contributed by atoms with E-state index in [2.05, 4.69) is 15.6 Å². The summed E-state index contributed by atoms with van der Waals surface area (Å²) >= 11 is 0. The van der Waals surface area contributed by atoms with Crippen molar-refractivity contribution in [3.05, 3.63) is 66.0 Å². The van der Waals surface area contributed by atoms with Gasteiger partial charge in [0.1, 0.15) is 18.7 Å². The third-order valence-corrected chi connectivity index (χ3v) is 4.86. The van der Waals surface area contributed by atoms with Gasteiger partial charge < -0.3 is 15.4 Å². The van der Waals surface area contributed by atoms with E-state index in [0.717, 1.165) is 5.56 Å². The first-order chi connectivity index (χ1) is 14.9. The van der Waals surface area contributed by atoms with E-state index in [-0.39, 0.29) is 18.9 Å². The average molecular weight is 428 g/mol. The van der Waals surface area contributed by atoms with Crippen LogP contribution < -0.4 is 16.1 Å². The molecule has 166 valence electrons. The Morgan fingerprint density at radius 3 is 2.35 bits per heavy atom. The summed E-state index contributed by atoms with van der Waals surface area (Å²) in [6.45, 7) is 3.76. The first kappa shape index (κ1) is 23.8. The molecule has 31 heavy (non-hydrogen) atoms. The summed E-state index contributed by atoms with van der Waals surface area (Å²) in [5, 5.41) is 14.2. The molecule has 0 unspecified atom stereocenters. The van der Waals surface area contributed by atoms with Crippen molar-refractivity contribution < 1.29 is 24.3 Å². The van der Waals surface area contributed by atoms with Crippen molar-refractivity contribution >= 4 is 17.9 Å². The van der Waals surface area contributed by atoms with Gasteiger partial charge in [-0.3, -0.25) is 19.8 Å². The SMILES string of the molecule is CC[C@@H](C)[C@@H](NC(=O)OCc1ccccc1)C(=O)N[C@H](Cc1ccccn1)C(=O)NO. The first-order valence-corrected chi connectivity index (χ1v) is 10.1. The Bertz CT molecular complexity index is 847. The Morgan fingerprint density at radius 1 is 1.03 bits per heavy atom. The molecule has 0 radical (unpaired) electrons. The van der Waals surface area contributed by atoms with Crippen molar-refractivity contribution in [3.63, 3.8) is 0 Å². The number of benzene rings is 1. The molecule has 0 bridgehead atoms. The largest absolute Gasteiger partial charge is 0.445 e. The highest BCUT2D eigenvalue weighted by atomic mass is 16.5. The van der Waals surface area contributed by atoms with E-state index >= 15 is 0 Å².